The van der Waals surface area contributed by atoms with E-state index in [1.807, 2.05) is 17.9 Å². The Morgan fingerprint density at radius 2 is 2.08 bits per heavy atom. The van der Waals surface area contributed by atoms with Crippen molar-refractivity contribution >= 4 is 5.91 Å². The van der Waals surface area contributed by atoms with Gasteiger partial charge in [-0.05, 0) is 52.1 Å². The first-order valence-corrected chi connectivity index (χ1v) is 9.55. The van der Waals surface area contributed by atoms with Gasteiger partial charge in [0, 0.05) is 51.0 Å². The first-order valence-electron chi connectivity index (χ1n) is 9.55. The second-order valence-corrected chi connectivity index (χ2v) is 7.83. The minimum Gasteiger partial charge on any atom is -0.381 e. The summed E-state index contributed by atoms with van der Waals surface area (Å²) in [5.74, 6) is 0.463. The zero-order valence-corrected chi connectivity index (χ0v) is 16.0. The van der Waals surface area contributed by atoms with Crippen molar-refractivity contribution in [2.45, 2.75) is 57.7 Å². The molecule has 2 aliphatic heterocycles. The molecule has 1 aromatic heterocycles. The van der Waals surface area contributed by atoms with Crippen molar-refractivity contribution in [3.8, 4) is 0 Å². The van der Waals surface area contributed by atoms with Gasteiger partial charge in [0.05, 0.1) is 12.2 Å². The van der Waals surface area contributed by atoms with E-state index < -0.39 is 0 Å². The Labute approximate surface area is 151 Å². The van der Waals surface area contributed by atoms with Crippen LogP contribution in [0.1, 0.15) is 38.7 Å². The van der Waals surface area contributed by atoms with Crippen LogP contribution in [0.15, 0.2) is 12.4 Å². The zero-order valence-electron chi connectivity index (χ0n) is 16.0. The number of likely N-dealkylation sites (tertiary alicyclic amines) is 1. The van der Waals surface area contributed by atoms with Crippen LogP contribution in [0.2, 0.25) is 0 Å². The molecule has 3 rings (SSSR count). The molecule has 0 aliphatic carbocycles. The summed E-state index contributed by atoms with van der Waals surface area (Å²) in [7, 11) is 4.13. The van der Waals surface area contributed by atoms with Gasteiger partial charge < -0.3 is 9.64 Å². The lowest BCUT2D eigenvalue weighted by Gasteiger charge is -2.37. The number of amides is 1. The van der Waals surface area contributed by atoms with Crippen LogP contribution in [-0.2, 0) is 23.0 Å². The molecular formula is C19H32N4O2. The van der Waals surface area contributed by atoms with Crippen molar-refractivity contribution in [1.29, 1.82) is 0 Å². The number of aromatic nitrogens is 2. The maximum absolute atomic E-state index is 13.2. The molecule has 2 aliphatic rings. The molecule has 0 saturated carbocycles. The van der Waals surface area contributed by atoms with Crippen LogP contribution in [0, 0.1) is 5.92 Å². The summed E-state index contributed by atoms with van der Waals surface area (Å²) in [5, 5.41) is 4.31. The monoisotopic (exact) mass is 348 g/mol. The summed E-state index contributed by atoms with van der Waals surface area (Å²) in [6, 6.07) is 1.11. The number of carbonyl (C=O) groups is 1. The van der Waals surface area contributed by atoms with Crippen LogP contribution >= 0.6 is 0 Å². The number of carbonyl (C=O) groups excluding carboxylic acids is 1. The maximum atomic E-state index is 13.2. The van der Waals surface area contributed by atoms with Gasteiger partial charge in [0.15, 0.2) is 0 Å². The van der Waals surface area contributed by atoms with E-state index in [9.17, 15) is 4.79 Å². The molecule has 0 bridgehead atoms. The second kappa shape index (κ2) is 7.87. The predicted molar refractivity (Wildman–Crippen MR) is 97.3 cm³/mol. The summed E-state index contributed by atoms with van der Waals surface area (Å²) in [6.45, 7) is 6.75. The highest BCUT2D eigenvalue weighted by atomic mass is 16.5. The fourth-order valence-corrected chi connectivity index (χ4v) is 4.21. The number of hydrogen-bond donors (Lipinski definition) is 0. The lowest BCUT2D eigenvalue weighted by Crippen LogP contribution is -2.50. The normalized spacial score (nSPS) is 25.3. The van der Waals surface area contributed by atoms with Crippen LogP contribution in [0.4, 0.5) is 0 Å². The molecule has 0 unspecified atom stereocenters. The molecule has 0 N–H and O–H groups in total. The lowest BCUT2D eigenvalue weighted by molar-refractivity contribution is -0.139. The summed E-state index contributed by atoms with van der Waals surface area (Å²) >= 11 is 0. The van der Waals surface area contributed by atoms with E-state index in [1.165, 1.54) is 5.56 Å². The van der Waals surface area contributed by atoms with Crippen molar-refractivity contribution in [3.63, 3.8) is 0 Å². The van der Waals surface area contributed by atoms with E-state index >= 15 is 0 Å². The van der Waals surface area contributed by atoms with Gasteiger partial charge in [0.1, 0.15) is 0 Å². The van der Waals surface area contributed by atoms with Crippen molar-refractivity contribution in [2.75, 3.05) is 26.8 Å². The molecule has 0 radical (unpaired) electrons. The molecule has 2 fully saturated rings. The van der Waals surface area contributed by atoms with Crippen LogP contribution in [0.3, 0.4) is 0 Å². The van der Waals surface area contributed by atoms with Crippen LogP contribution in [-0.4, -0.2) is 70.4 Å². The van der Waals surface area contributed by atoms with E-state index in [1.54, 1.807) is 0 Å². The van der Waals surface area contributed by atoms with Gasteiger partial charge in [-0.2, -0.15) is 5.10 Å². The largest absolute Gasteiger partial charge is 0.381 e. The third-order valence-electron chi connectivity index (χ3n) is 5.90. The molecule has 3 heterocycles. The average molecular weight is 348 g/mol. The molecule has 1 amide bonds. The Balaban J connectivity index is 1.78. The van der Waals surface area contributed by atoms with E-state index in [4.69, 9.17) is 4.74 Å². The number of aryl methyl sites for hydroxylation is 1. The molecule has 0 aromatic carbocycles. The van der Waals surface area contributed by atoms with Gasteiger partial charge in [0.2, 0.25) is 5.91 Å². The predicted octanol–water partition coefficient (Wildman–Crippen LogP) is 1.70. The minimum absolute atomic E-state index is 0.133. The topological polar surface area (TPSA) is 50.6 Å². The van der Waals surface area contributed by atoms with Crippen molar-refractivity contribution in [1.82, 2.24) is 19.6 Å². The highest BCUT2D eigenvalue weighted by Gasteiger charge is 2.41. The van der Waals surface area contributed by atoms with Crippen molar-refractivity contribution in [2.24, 2.45) is 13.0 Å². The molecule has 1 aromatic rings. The first-order chi connectivity index (χ1) is 12.0. The smallest absolute Gasteiger partial charge is 0.226 e. The third kappa shape index (κ3) is 4.06. The number of rotatable bonds is 5. The van der Waals surface area contributed by atoms with Gasteiger partial charge in [0.25, 0.3) is 0 Å². The Kier molecular flexibility index (Phi) is 5.79. The third-order valence-corrected chi connectivity index (χ3v) is 5.90. The minimum atomic E-state index is 0.133. The Hall–Kier alpha value is -1.40. The van der Waals surface area contributed by atoms with E-state index in [-0.39, 0.29) is 12.0 Å². The maximum Gasteiger partial charge on any atom is 0.226 e. The number of ether oxygens (including phenoxy) is 1. The number of hydrogen-bond acceptors (Lipinski definition) is 4. The fourth-order valence-electron chi connectivity index (χ4n) is 4.21. The second-order valence-electron chi connectivity index (χ2n) is 7.83. The average Bonchev–Trinajstić information content (AvgIpc) is 3.21. The summed E-state index contributed by atoms with van der Waals surface area (Å²) in [4.78, 5) is 17.8. The van der Waals surface area contributed by atoms with Gasteiger partial charge in [-0.3, -0.25) is 14.4 Å². The van der Waals surface area contributed by atoms with Crippen LogP contribution in [0.25, 0.3) is 0 Å². The standard InChI is InChI=1S/C19H32N4O2/c1-14(2)22(4)17-5-8-23(19(24)16-6-9-25-10-7-16)18(17)11-15-12-20-21(3)13-15/h12-14,16-18H,5-11H2,1-4H3/t17-,18+/m1/s1. The van der Waals surface area contributed by atoms with Crippen LogP contribution < -0.4 is 0 Å². The molecule has 25 heavy (non-hydrogen) atoms. The summed E-state index contributed by atoms with van der Waals surface area (Å²) < 4.78 is 7.28. The van der Waals surface area contributed by atoms with Gasteiger partial charge in [-0.25, -0.2) is 0 Å². The molecule has 6 heteroatoms. The summed E-state index contributed by atoms with van der Waals surface area (Å²) in [6.07, 6.45) is 7.65. The van der Waals surface area contributed by atoms with Crippen molar-refractivity contribution in [3.05, 3.63) is 18.0 Å². The van der Waals surface area contributed by atoms with Crippen LogP contribution in [0.5, 0.6) is 0 Å². The Morgan fingerprint density at radius 3 is 2.68 bits per heavy atom. The quantitative estimate of drug-likeness (QED) is 0.813. The SMILES string of the molecule is CC(C)N(C)[C@@H]1CCN(C(=O)C2CCOCC2)[C@H]1Cc1cnn(C)c1. The summed E-state index contributed by atoms with van der Waals surface area (Å²) in [5.41, 5.74) is 1.21. The molecule has 6 nitrogen and oxygen atoms in total. The number of likely N-dealkylation sites (N-methyl/N-ethyl adjacent to an activating group) is 1. The molecular weight excluding hydrogens is 316 g/mol. The fraction of sp³-hybridized carbons (Fsp3) is 0.789. The van der Waals surface area contributed by atoms with Gasteiger partial charge >= 0.3 is 0 Å². The Bertz CT molecular complexity index is 580. The first kappa shape index (κ1) is 18.4. The molecule has 0 spiro atoms. The van der Waals surface area contributed by atoms with E-state index in [0.717, 1.165) is 32.2 Å². The zero-order chi connectivity index (χ0) is 18.0. The molecule has 140 valence electrons. The molecule has 2 saturated heterocycles. The number of nitrogens with zero attached hydrogens (tertiary/aromatic N) is 4. The van der Waals surface area contributed by atoms with E-state index in [0.29, 0.717) is 31.2 Å². The van der Waals surface area contributed by atoms with Crippen molar-refractivity contribution < 1.29 is 9.53 Å². The van der Waals surface area contributed by atoms with Gasteiger partial charge in [-0.1, -0.05) is 0 Å². The van der Waals surface area contributed by atoms with E-state index in [2.05, 4.69) is 42.0 Å². The lowest BCUT2D eigenvalue weighted by atomic mass is 9.96. The van der Waals surface area contributed by atoms with Gasteiger partial charge in [-0.15, -0.1) is 0 Å². The highest BCUT2D eigenvalue weighted by Crippen LogP contribution is 2.30. The Morgan fingerprint density at radius 1 is 1.36 bits per heavy atom. The highest BCUT2D eigenvalue weighted by molar-refractivity contribution is 5.79. The molecule has 2 atom stereocenters.